The molecular weight excluding hydrogens is 466 g/mol. The average molecular weight is 490 g/mol. The number of carbonyl (C=O) groups excluding carboxylic acids is 1. The minimum absolute atomic E-state index is 0.136. The summed E-state index contributed by atoms with van der Waals surface area (Å²) >= 11 is 0. The van der Waals surface area contributed by atoms with Crippen LogP contribution in [-0.4, -0.2) is 48.1 Å². The number of hydrogen-bond acceptors (Lipinski definition) is 7. The zero-order valence-electron chi connectivity index (χ0n) is 20.2. The van der Waals surface area contributed by atoms with E-state index < -0.39 is 0 Å². The van der Waals surface area contributed by atoms with Crippen molar-refractivity contribution >= 4 is 39.3 Å². The van der Waals surface area contributed by atoms with Crippen LogP contribution in [-0.2, 0) is 13.5 Å². The molecule has 37 heavy (non-hydrogen) atoms. The molecule has 0 spiro atoms. The zero-order chi connectivity index (χ0) is 25.4. The fourth-order valence-electron chi connectivity index (χ4n) is 4.31. The third-order valence-electron chi connectivity index (χ3n) is 6.11. The van der Waals surface area contributed by atoms with Gasteiger partial charge in [0.15, 0.2) is 0 Å². The number of nitrogens with zero attached hydrogens (tertiary/aromatic N) is 6. The van der Waals surface area contributed by atoms with Crippen molar-refractivity contribution in [3.8, 4) is 11.4 Å². The summed E-state index contributed by atoms with van der Waals surface area (Å²) in [6.45, 7) is 0. The number of hydrogen-bond donors (Lipinski definition) is 3. The van der Waals surface area contributed by atoms with Gasteiger partial charge in [0.05, 0.1) is 12.4 Å². The van der Waals surface area contributed by atoms with Gasteiger partial charge >= 0.3 is 0 Å². The van der Waals surface area contributed by atoms with E-state index in [1.807, 2.05) is 48.5 Å². The number of amides is 1. The Morgan fingerprint density at radius 2 is 1.81 bits per heavy atom. The maximum atomic E-state index is 12.0. The maximum Gasteiger partial charge on any atom is 0.251 e. The lowest BCUT2D eigenvalue weighted by Crippen LogP contribution is -2.17. The van der Waals surface area contributed by atoms with Gasteiger partial charge in [-0.25, -0.2) is 9.97 Å². The number of tetrazole rings is 1. The number of fused-ring (bicyclic) bond motifs is 3. The van der Waals surface area contributed by atoms with Gasteiger partial charge in [0.25, 0.3) is 5.91 Å². The van der Waals surface area contributed by atoms with E-state index in [4.69, 9.17) is 9.97 Å². The lowest BCUT2D eigenvalue weighted by Gasteiger charge is -2.10. The van der Waals surface area contributed by atoms with Crippen molar-refractivity contribution in [3.05, 3.63) is 89.7 Å². The number of aromatic amines is 1. The van der Waals surface area contributed by atoms with Gasteiger partial charge < -0.3 is 15.6 Å². The molecule has 3 aromatic heterocycles. The largest absolute Gasteiger partial charge is 0.355 e. The van der Waals surface area contributed by atoms with E-state index in [1.165, 1.54) is 4.80 Å². The van der Waals surface area contributed by atoms with Gasteiger partial charge in [-0.15, -0.1) is 10.2 Å². The summed E-state index contributed by atoms with van der Waals surface area (Å²) in [5.41, 5.74) is 5.00. The molecule has 0 fully saturated rings. The molecule has 182 valence electrons. The Morgan fingerprint density at radius 1 is 1.00 bits per heavy atom. The van der Waals surface area contributed by atoms with Crippen molar-refractivity contribution in [1.82, 2.24) is 40.5 Å². The number of nitrogens with one attached hydrogen (secondary N) is 3. The Bertz CT molecular complexity index is 1740. The first-order valence-corrected chi connectivity index (χ1v) is 11.8. The van der Waals surface area contributed by atoms with Crippen LogP contribution in [0.5, 0.6) is 0 Å². The third kappa shape index (κ3) is 4.36. The molecule has 3 heterocycles. The predicted molar refractivity (Wildman–Crippen MR) is 142 cm³/mol. The van der Waals surface area contributed by atoms with Crippen LogP contribution in [0, 0.1) is 0 Å². The summed E-state index contributed by atoms with van der Waals surface area (Å²) in [6, 6.07) is 23.4. The zero-order valence-corrected chi connectivity index (χ0v) is 20.2. The fraction of sp³-hybridized carbons (Fsp3) is 0.111. The molecule has 10 heteroatoms. The number of rotatable bonds is 6. The van der Waals surface area contributed by atoms with Crippen LogP contribution in [0.1, 0.15) is 21.7 Å². The third-order valence-corrected chi connectivity index (χ3v) is 6.11. The number of benzene rings is 3. The van der Waals surface area contributed by atoms with Crippen LogP contribution < -0.4 is 10.6 Å². The molecular formula is C27H23N9O. The summed E-state index contributed by atoms with van der Waals surface area (Å²) < 4.78 is 0. The van der Waals surface area contributed by atoms with Crippen molar-refractivity contribution in [3.63, 3.8) is 0 Å². The number of anilines is 2. The maximum absolute atomic E-state index is 12.0. The number of H-pyrrole nitrogens is 1. The Labute approximate surface area is 211 Å². The summed E-state index contributed by atoms with van der Waals surface area (Å²) in [7, 11) is 3.35. The second-order valence-corrected chi connectivity index (χ2v) is 8.64. The van der Waals surface area contributed by atoms with Crippen LogP contribution >= 0.6 is 0 Å². The molecule has 0 aliphatic heterocycles. The molecule has 10 nitrogen and oxygen atoms in total. The molecule has 0 aliphatic rings. The Hall–Kier alpha value is -5.12. The first-order chi connectivity index (χ1) is 18.1. The molecule has 3 N–H and O–H groups in total. The molecule has 0 radical (unpaired) electrons. The van der Waals surface area contributed by atoms with Crippen molar-refractivity contribution < 1.29 is 4.79 Å². The van der Waals surface area contributed by atoms with Crippen LogP contribution in [0.15, 0.2) is 72.8 Å². The minimum Gasteiger partial charge on any atom is -0.355 e. The molecule has 1 amide bonds. The summed E-state index contributed by atoms with van der Waals surface area (Å²) in [5, 5.41) is 20.3. The van der Waals surface area contributed by atoms with E-state index >= 15 is 0 Å². The first kappa shape index (κ1) is 22.4. The normalized spacial score (nSPS) is 11.2. The first-order valence-electron chi connectivity index (χ1n) is 11.8. The standard InChI is InChI=1S/C27H23N9O/c1-28-27(37)17-8-11-19(12-9-17)29-25-23-20-15-18(24-33-35-36(2)34-24)10-13-21(20)30-26(23)32-22(31-25)14-16-6-4-3-5-7-16/h3-13,15H,14H2,1-2H3,(H,28,37)(H2,29,30,31,32). The highest BCUT2D eigenvalue weighted by Crippen LogP contribution is 2.34. The molecule has 0 aliphatic carbocycles. The molecule has 0 saturated heterocycles. The Kier molecular flexibility index (Phi) is 5.53. The van der Waals surface area contributed by atoms with E-state index in [0.717, 1.165) is 38.8 Å². The van der Waals surface area contributed by atoms with Crippen LogP contribution in [0.25, 0.3) is 33.3 Å². The van der Waals surface area contributed by atoms with Gasteiger partial charge in [-0.1, -0.05) is 30.3 Å². The smallest absolute Gasteiger partial charge is 0.251 e. The molecule has 0 atom stereocenters. The quantitative estimate of drug-likeness (QED) is 0.323. The SMILES string of the molecule is CNC(=O)c1ccc(Nc2nc(Cc3ccccc3)nc3[nH]c4ccc(-c5nnn(C)n5)cc4c23)cc1. The van der Waals surface area contributed by atoms with E-state index in [0.29, 0.717) is 29.5 Å². The van der Waals surface area contributed by atoms with Gasteiger partial charge in [0.1, 0.15) is 17.3 Å². The highest BCUT2D eigenvalue weighted by Gasteiger charge is 2.17. The number of carbonyl (C=O) groups is 1. The van der Waals surface area contributed by atoms with Gasteiger partial charge in [0, 0.05) is 41.2 Å². The van der Waals surface area contributed by atoms with E-state index in [9.17, 15) is 4.79 Å². The Balaban J connectivity index is 1.48. The van der Waals surface area contributed by atoms with Gasteiger partial charge in [0.2, 0.25) is 5.82 Å². The van der Waals surface area contributed by atoms with Gasteiger partial charge in [-0.05, 0) is 53.2 Å². The molecule has 6 rings (SSSR count). The topological polar surface area (TPSA) is 126 Å². The van der Waals surface area contributed by atoms with E-state index in [-0.39, 0.29) is 5.91 Å². The monoisotopic (exact) mass is 489 g/mol. The number of aryl methyl sites for hydroxylation is 1. The molecule has 3 aromatic carbocycles. The predicted octanol–water partition coefficient (Wildman–Crippen LogP) is 4.00. The summed E-state index contributed by atoms with van der Waals surface area (Å²) in [6.07, 6.45) is 0.589. The molecule has 0 unspecified atom stereocenters. The van der Waals surface area contributed by atoms with Crippen LogP contribution in [0.4, 0.5) is 11.5 Å². The van der Waals surface area contributed by atoms with E-state index in [2.05, 4.69) is 43.2 Å². The summed E-state index contributed by atoms with van der Waals surface area (Å²) in [4.78, 5) is 26.6. The van der Waals surface area contributed by atoms with Gasteiger partial charge in [-0.2, -0.15) is 4.80 Å². The number of aromatic nitrogens is 7. The lowest BCUT2D eigenvalue weighted by molar-refractivity contribution is 0.0963. The van der Waals surface area contributed by atoms with Crippen molar-refractivity contribution in [1.29, 1.82) is 0 Å². The highest BCUT2D eigenvalue weighted by molar-refractivity contribution is 6.12. The summed E-state index contributed by atoms with van der Waals surface area (Å²) in [5.74, 6) is 1.76. The van der Waals surface area contributed by atoms with Crippen molar-refractivity contribution in [2.45, 2.75) is 6.42 Å². The lowest BCUT2D eigenvalue weighted by atomic mass is 10.1. The van der Waals surface area contributed by atoms with Crippen molar-refractivity contribution in [2.24, 2.45) is 7.05 Å². The molecule has 0 bridgehead atoms. The van der Waals surface area contributed by atoms with Gasteiger partial charge in [-0.3, -0.25) is 4.79 Å². The molecule has 0 saturated carbocycles. The second-order valence-electron chi connectivity index (χ2n) is 8.64. The second kappa shape index (κ2) is 9.15. The van der Waals surface area contributed by atoms with Crippen molar-refractivity contribution in [2.75, 3.05) is 12.4 Å². The fourth-order valence-corrected chi connectivity index (χ4v) is 4.31. The minimum atomic E-state index is -0.136. The molecule has 6 aromatic rings. The van der Waals surface area contributed by atoms with Crippen LogP contribution in [0.3, 0.4) is 0 Å². The van der Waals surface area contributed by atoms with E-state index in [1.54, 1.807) is 26.2 Å². The highest BCUT2D eigenvalue weighted by atomic mass is 16.1. The average Bonchev–Trinajstić information content (AvgIpc) is 3.52. The van der Waals surface area contributed by atoms with Crippen LogP contribution in [0.2, 0.25) is 0 Å². The Morgan fingerprint density at radius 3 is 2.54 bits per heavy atom.